The van der Waals surface area contributed by atoms with Crippen molar-refractivity contribution < 1.29 is 28.6 Å². The van der Waals surface area contributed by atoms with Crippen molar-refractivity contribution in [3.8, 4) is 10.4 Å². The van der Waals surface area contributed by atoms with Crippen molar-refractivity contribution in [1.29, 1.82) is 0 Å². The molecule has 2 aromatic rings. The summed E-state index contributed by atoms with van der Waals surface area (Å²) in [5, 5.41) is 1.84. The molecular formula is C17H16O6S. The van der Waals surface area contributed by atoms with E-state index in [0.717, 1.165) is 4.88 Å². The molecule has 0 N–H and O–H groups in total. The van der Waals surface area contributed by atoms with Crippen molar-refractivity contribution in [2.24, 2.45) is 0 Å². The standard InChI is InChI=1S/C17H16O6S/c1-4-23-17(20)13-10(12-6-5-9-24-12)7-8-11(15(18)21-2)14(13)16(19)22-3/h5-9H,4H2,1-3H3. The number of methoxy groups -OCH3 is 2. The first-order valence-electron chi connectivity index (χ1n) is 7.09. The number of esters is 3. The number of carbonyl (C=O) groups is 3. The summed E-state index contributed by atoms with van der Waals surface area (Å²) >= 11 is 1.40. The molecule has 1 heterocycles. The van der Waals surface area contributed by atoms with Gasteiger partial charge in [-0.1, -0.05) is 12.1 Å². The van der Waals surface area contributed by atoms with E-state index in [4.69, 9.17) is 14.2 Å². The summed E-state index contributed by atoms with van der Waals surface area (Å²) < 4.78 is 14.5. The third-order valence-electron chi connectivity index (χ3n) is 3.27. The number of hydrogen-bond donors (Lipinski definition) is 0. The summed E-state index contributed by atoms with van der Waals surface area (Å²) in [7, 11) is 2.37. The third kappa shape index (κ3) is 3.30. The van der Waals surface area contributed by atoms with Crippen LogP contribution in [0.25, 0.3) is 10.4 Å². The van der Waals surface area contributed by atoms with Crippen LogP contribution in [0.5, 0.6) is 0 Å². The fraction of sp³-hybridized carbons (Fsp3) is 0.235. The molecule has 0 amide bonds. The van der Waals surface area contributed by atoms with Crippen molar-refractivity contribution in [2.75, 3.05) is 20.8 Å². The van der Waals surface area contributed by atoms with Crippen LogP contribution in [0.15, 0.2) is 29.6 Å². The van der Waals surface area contributed by atoms with Crippen LogP contribution >= 0.6 is 11.3 Å². The van der Waals surface area contributed by atoms with Gasteiger partial charge in [-0.3, -0.25) is 0 Å². The summed E-state index contributed by atoms with van der Waals surface area (Å²) in [6.07, 6.45) is 0. The summed E-state index contributed by atoms with van der Waals surface area (Å²) in [5.41, 5.74) is 0.284. The normalized spacial score (nSPS) is 10.1. The Labute approximate surface area is 143 Å². The van der Waals surface area contributed by atoms with Gasteiger partial charge in [-0.05, 0) is 24.4 Å². The molecule has 2 rings (SSSR count). The van der Waals surface area contributed by atoms with Crippen molar-refractivity contribution in [1.82, 2.24) is 0 Å². The zero-order chi connectivity index (χ0) is 17.7. The quantitative estimate of drug-likeness (QED) is 0.610. The van der Waals surface area contributed by atoms with Gasteiger partial charge in [0, 0.05) is 10.4 Å². The first-order valence-corrected chi connectivity index (χ1v) is 7.97. The van der Waals surface area contributed by atoms with Crippen LogP contribution in [0.4, 0.5) is 0 Å². The number of thiophene rings is 1. The minimum absolute atomic E-state index is 0.00551. The lowest BCUT2D eigenvalue weighted by atomic mass is 9.94. The number of hydrogen-bond acceptors (Lipinski definition) is 7. The van der Waals surface area contributed by atoms with Gasteiger partial charge in [0.05, 0.1) is 37.5 Å². The highest BCUT2D eigenvalue weighted by Gasteiger charge is 2.30. The molecule has 24 heavy (non-hydrogen) atoms. The van der Waals surface area contributed by atoms with Gasteiger partial charge < -0.3 is 14.2 Å². The van der Waals surface area contributed by atoms with Crippen LogP contribution in [0, 0.1) is 0 Å². The molecule has 0 aliphatic rings. The predicted octanol–water partition coefficient (Wildman–Crippen LogP) is 3.17. The van der Waals surface area contributed by atoms with Crippen molar-refractivity contribution in [3.05, 3.63) is 46.3 Å². The Balaban J connectivity index is 2.81. The van der Waals surface area contributed by atoms with Gasteiger partial charge in [-0.25, -0.2) is 14.4 Å². The summed E-state index contributed by atoms with van der Waals surface area (Å²) in [6.45, 7) is 1.79. The molecule has 1 aromatic heterocycles. The lowest BCUT2D eigenvalue weighted by Gasteiger charge is -2.15. The Kier molecular flexibility index (Phi) is 5.70. The van der Waals surface area contributed by atoms with Crippen LogP contribution in [0.2, 0.25) is 0 Å². The van der Waals surface area contributed by atoms with Gasteiger partial charge in [0.15, 0.2) is 0 Å². The zero-order valence-corrected chi connectivity index (χ0v) is 14.3. The second-order valence-electron chi connectivity index (χ2n) is 4.59. The predicted molar refractivity (Wildman–Crippen MR) is 88.4 cm³/mol. The molecule has 7 heteroatoms. The van der Waals surface area contributed by atoms with E-state index >= 15 is 0 Å². The maximum atomic E-state index is 12.5. The Hall–Kier alpha value is -2.67. The Morgan fingerprint density at radius 2 is 1.67 bits per heavy atom. The van der Waals surface area contributed by atoms with Gasteiger partial charge in [0.2, 0.25) is 0 Å². The van der Waals surface area contributed by atoms with E-state index in [-0.39, 0.29) is 23.3 Å². The average molecular weight is 348 g/mol. The number of benzene rings is 1. The molecule has 1 aromatic carbocycles. The van der Waals surface area contributed by atoms with Crippen molar-refractivity contribution in [2.45, 2.75) is 6.92 Å². The van der Waals surface area contributed by atoms with Crippen LogP contribution in [0.1, 0.15) is 38.0 Å². The molecule has 0 atom stereocenters. The fourth-order valence-electron chi connectivity index (χ4n) is 2.25. The van der Waals surface area contributed by atoms with Crippen LogP contribution in [0.3, 0.4) is 0 Å². The maximum absolute atomic E-state index is 12.5. The molecule has 0 aliphatic carbocycles. The summed E-state index contributed by atoms with van der Waals surface area (Å²) in [4.78, 5) is 37.5. The topological polar surface area (TPSA) is 78.9 Å². The molecule has 0 radical (unpaired) electrons. The smallest absolute Gasteiger partial charge is 0.339 e. The first kappa shape index (κ1) is 17.7. The van der Waals surface area contributed by atoms with Crippen molar-refractivity contribution >= 4 is 29.2 Å². The SMILES string of the molecule is CCOC(=O)c1c(-c2cccs2)ccc(C(=O)OC)c1C(=O)OC. The zero-order valence-electron chi connectivity index (χ0n) is 13.5. The van der Waals surface area contributed by atoms with Crippen LogP contribution in [-0.4, -0.2) is 38.7 Å². The van der Waals surface area contributed by atoms with Gasteiger partial charge in [0.1, 0.15) is 0 Å². The Morgan fingerprint density at radius 3 is 2.21 bits per heavy atom. The minimum atomic E-state index is -0.808. The van der Waals surface area contributed by atoms with E-state index in [1.165, 1.54) is 31.6 Å². The first-order chi connectivity index (χ1) is 11.5. The van der Waals surface area contributed by atoms with Crippen LogP contribution < -0.4 is 0 Å². The summed E-state index contributed by atoms with van der Waals surface area (Å²) in [6, 6.07) is 6.66. The minimum Gasteiger partial charge on any atom is -0.465 e. The number of ether oxygens (including phenoxy) is 3. The van der Waals surface area contributed by atoms with E-state index in [2.05, 4.69) is 0 Å². The van der Waals surface area contributed by atoms with E-state index in [1.807, 2.05) is 17.5 Å². The molecule has 0 saturated carbocycles. The molecule has 0 unspecified atom stereocenters. The number of carbonyl (C=O) groups excluding carboxylic acids is 3. The molecule has 0 bridgehead atoms. The lowest BCUT2D eigenvalue weighted by Crippen LogP contribution is -2.19. The van der Waals surface area contributed by atoms with Gasteiger partial charge in [-0.2, -0.15) is 0 Å². The monoisotopic (exact) mass is 348 g/mol. The van der Waals surface area contributed by atoms with E-state index in [0.29, 0.717) is 5.56 Å². The molecule has 0 saturated heterocycles. The van der Waals surface area contributed by atoms with Crippen LogP contribution in [-0.2, 0) is 14.2 Å². The van der Waals surface area contributed by atoms with Gasteiger partial charge in [-0.15, -0.1) is 11.3 Å². The second kappa shape index (κ2) is 7.74. The average Bonchev–Trinajstić information content (AvgIpc) is 3.13. The molecule has 0 spiro atoms. The number of rotatable bonds is 5. The molecular weight excluding hydrogens is 332 g/mol. The Morgan fingerprint density at radius 1 is 0.958 bits per heavy atom. The van der Waals surface area contributed by atoms with Crippen molar-refractivity contribution in [3.63, 3.8) is 0 Å². The van der Waals surface area contributed by atoms with Gasteiger partial charge in [0.25, 0.3) is 0 Å². The molecule has 0 aliphatic heterocycles. The largest absolute Gasteiger partial charge is 0.465 e. The Bertz CT molecular complexity index is 764. The highest BCUT2D eigenvalue weighted by Crippen LogP contribution is 2.33. The molecule has 6 nitrogen and oxygen atoms in total. The maximum Gasteiger partial charge on any atom is 0.339 e. The molecule has 126 valence electrons. The van der Waals surface area contributed by atoms with E-state index in [9.17, 15) is 14.4 Å². The van der Waals surface area contributed by atoms with E-state index in [1.54, 1.807) is 13.0 Å². The second-order valence-corrected chi connectivity index (χ2v) is 5.54. The molecule has 0 fully saturated rings. The fourth-order valence-corrected chi connectivity index (χ4v) is 3.01. The highest BCUT2D eigenvalue weighted by atomic mass is 32.1. The van der Waals surface area contributed by atoms with Gasteiger partial charge >= 0.3 is 17.9 Å². The third-order valence-corrected chi connectivity index (χ3v) is 4.17. The highest BCUT2D eigenvalue weighted by molar-refractivity contribution is 7.13. The summed E-state index contributed by atoms with van der Waals surface area (Å²) in [5.74, 6) is -2.25. The lowest BCUT2D eigenvalue weighted by molar-refractivity contribution is 0.0500. The van der Waals surface area contributed by atoms with E-state index < -0.39 is 17.9 Å².